The Kier molecular flexibility index (Phi) is 4.81. The standard InChI is InChI=1S/C19H20N4O2S/c1-14(17-20-21-18(25-17)16-8-5-13-26-16)22-9-11-23(12-10-22)19(24)15-6-3-2-4-7-15/h2-8,13-14H,9-12H2,1H3. The summed E-state index contributed by atoms with van der Waals surface area (Å²) < 4.78 is 5.85. The van der Waals surface area contributed by atoms with Crippen molar-refractivity contribution in [2.24, 2.45) is 0 Å². The Morgan fingerprint density at radius 3 is 2.54 bits per heavy atom. The van der Waals surface area contributed by atoms with Crippen LogP contribution in [0.15, 0.2) is 52.3 Å². The van der Waals surface area contributed by atoms with Crippen LogP contribution >= 0.6 is 11.3 Å². The number of carbonyl (C=O) groups excluding carboxylic acids is 1. The van der Waals surface area contributed by atoms with E-state index in [0.29, 0.717) is 24.9 Å². The summed E-state index contributed by atoms with van der Waals surface area (Å²) in [4.78, 5) is 17.7. The highest BCUT2D eigenvalue weighted by Gasteiger charge is 2.28. The first kappa shape index (κ1) is 16.9. The van der Waals surface area contributed by atoms with E-state index in [2.05, 4.69) is 22.0 Å². The van der Waals surface area contributed by atoms with Crippen molar-refractivity contribution >= 4 is 17.2 Å². The number of hydrogen-bond donors (Lipinski definition) is 0. The molecular formula is C19H20N4O2S. The molecule has 7 heteroatoms. The van der Waals surface area contributed by atoms with E-state index < -0.39 is 0 Å². The molecule has 2 aromatic heterocycles. The first-order valence-corrected chi connectivity index (χ1v) is 9.56. The van der Waals surface area contributed by atoms with E-state index in [4.69, 9.17) is 4.42 Å². The molecule has 6 nitrogen and oxygen atoms in total. The average molecular weight is 368 g/mol. The molecule has 1 amide bonds. The Labute approximate surface area is 156 Å². The molecule has 0 saturated carbocycles. The molecule has 0 spiro atoms. The lowest BCUT2D eigenvalue weighted by atomic mass is 10.1. The molecule has 0 bridgehead atoms. The number of amides is 1. The number of carbonyl (C=O) groups is 1. The van der Waals surface area contributed by atoms with E-state index in [-0.39, 0.29) is 11.9 Å². The smallest absolute Gasteiger partial charge is 0.257 e. The number of thiophene rings is 1. The van der Waals surface area contributed by atoms with Crippen molar-refractivity contribution in [2.75, 3.05) is 26.2 Å². The van der Waals surface area contributed by atoms with E-state index in [1.807, 2.05) is 52.7 Å². The summed E-state index contributed by atoms with van der Waals surface area (Å²) in [5.74, 6) is 1.28. The second-order valence-corrected chi connectivity index (χ2v) is 7.24. The lowest BCUT2D eigenvalue weighted by molar-refractivity contribution is 0.0559. The molecule has 1 atom stereocenters. The van der Waals surface area contributed by atoms with Crippen molar-refractivity contribution in [3.63, 3.8) is 0 Å². The molecule has 1 aromatic carbocycles. The zero-order valence-electron chi connectivity index (χ0n) is 14.5. The molecule has 0 radical (unpaired) electrons. The van der Waals surface area contributed by atoms with Crippen LogP contribution in [0.3, 0.4) is 0 Å². The molecule has 4 rings (SSSR count). The summed E-state index contributed by atoms with van der Waals surface area (Å²) in [7, 11) is 0. The molecule has 3 aromatic rings. The predicted octanol–water partition coefficient (Wildman–Crippen LogP) is 3.32. The van der Waals surface area contributed by atoms with Gasteiger partial charge in [0.05, 0.1) is 10.9 Å². The Morgan fingerprint density at radius 2 is 1.85 bits per heavy atom. The maximum atomic E-state index is 12.5. The van der Waals surface area contributed by atoms with Gasteiger partial charge in [0, 0.05) is 31.7 Å². The number of aromatic nitrogens is 2. The van der Waals surface area contributed by atoms with Gasteiger partial charge < -0.3 is 9.32 Å². The summed E-state index contributed by atoms with van der Waals surface area (Å²) >= 11 is 1.58. The molecule has 1 saturated heterocycles. The summed E-state index contributed by atoms with van der Waals surface area (Å²) in [6, 6.07) is 13.4. The fourth-order valence-corrected chi connectivity index (χ4v) is 3.78. The number of hydrogen-bond acceptors (Lipinski definition) is 6. The quantitative estimate of drug-likeness (QED) is 0.707. The molecule has 1 aliphatic heterocycles. The minimum Gasteiger partial charge on any atom is -0.418 e. The van der Waals surface area contributed by atoms with Crippen molar-refractivity contribution in [2.45, 2.75) is 13.0 Å². The van der Waals surface area contributed by atoms with Gasteiger partial charge in [-0.05, 0) is 30.5 Å². The van der Waals surface area contributed by atoms with E-state index >= 15 is 0 Å². The van der Waals surface area contributed by atoms with Crippen molar-refractivity contribution in [3.05, 3.63) is 59.3 Å². The molecular weight excluding hydrogens is 348 g/mol. The highest BCUT2D eigenvalue weighted by Crippen LogP contribution is 2.27. The van der Waals surface area contributed by atoms with E-state index in [0.717, 1.165) is 23.5 Å². The minimum absolute atomic E-state index is 0.0326. The van der Waals surface area contributed by atoms with E-state index in [9.17, 15) is 4.79 Å². The fourth-order valence-electron chi connectivity index (χ4n) is 3.14. The minimum atomic E-state index is 0.0326. The van der Waals surface area contributed by atoms with Crippen molar-refractivity contribution in [3.8, 4) is 10.8 Å². The summed E-state index contributed by atoms with van der Waals surface area (Å²) in [6.07, 6.45) is 0. The summed E-state index contributed by atoms with van der Waals surface area (Å²) in [5.41, 5.74) is 0.742. The zero-order chi connectivity index (χ0) is 17.9. The highest BCUT2D eigenvalue weighted by molar-refractivity contribution is 7.13. The molecule has 3 heterocycles. The largest absolute Gasteiger partial charge is 0.418 e. The van der Waals surface area contributed by atoms with Crippen LogP contribution < -0.4 is 0 Å². The highest BCUT2D eigenvalue weighted by atomic mass is 32.1. The molecule has 1 aliphatic rings. The van der Waals surface area contributed by atoms with Gasteiger partial charge in [0.1, 0.15) is 0 Å². The third-order valence-electron chi connectivity index (χ3n) is 4.70. The zero-order valence-corrected chi connectivity index (χ0v) is 15.4. The summed E-state index contributed by atoms with van der Waals surface area (Å²) in [6.45, 7) is 5.04. The molecule has 1 fully saturated rings. The van der Waals surface area contributed by atoms with Crippen LogP contribution in [0.5, 0.6) is 0 Å². The number of piperazine rings is 1. The maximum Gasteiger partial charge on any atom is 0.257 e. The van der Waals surface area contributed by atoms with E-state index in [1.165, 1.54) is 0 Å². The lowest BCUT2D eigenvalue weighted by Gasteiger charge is -2.36. The van der Waals surface area contributed by atoms with Gasteiger partial charge in [-0.1, -0.05) is 24.3 Å². The van der Waals surface area contributed by atoms with Gasteiger partial charge in [-0.15, -0.1) is 21.5 Å². The fraction of sp³-hybridized carbons (Fsp3) is 0.316. The van der Waals surface area contributed by atoms with Crippen LogP contribution in [0.4, 0.5) is 0 Å². The average Bonchev–Trinajstić information content (AvgIpc) is 3.39. The normalized spacial score (nSPS) is 16.6. The topological polar surface area (TPSA) is 62.5 Å². The lowest BCUT2D eigenvalue weighted by Crippen LogP contribution is -2.49. The molecule has 0 N–H and O–H groups in total. The second kappa shape index (κ2) is 7.39. The van der Waals surface area contributed by atoms with Crippen molar-refractivity contribution in [1.29, 1.82) is 0 Å². The number of rotatable bonds is 4. The molecule has 134 valence electrons. The number of benzene rings is 1. The van der Waals surface area contributed by atoms with Gasteiger partial charge in [-0.25, -0.2) is 0 Å². The molecule has 26 heavy (non-hydrogen) atoms. The van der Waals surface area contributed by atoms with Gasteiger partial charge in [0.25, 0.3) is 11.8 Å². The predicted molar refractivity (Wildman–Crippen MR) is 99.9 cm³/mol. The Hall–Kier alpha value is -2.51. The van der Waals surface area contributed by atoms with Crippen LogP contribution in [-0.4, -0.2) is 52.1 Å². The van der Waals surface area contributed by atoms with Crippen molar-refractivity contribution in [1.82, 2.24) is 20.0 Å². The Bertz CT molecular complexity index is 855. The first-order valence-electron chi connectivity index (χ1n) is 8.68. The van der Waals surface area contributed by atoms with Crippen LogP contribution in [-0.2, 0) is 0 Å². The Balaban J connectivity index is 1.38. The number of nitrogens with zero attached hydrogens (tertiary/aromatic N) is 4. The third-order valence-corrected chi connectivity index (χ3v) is 5.56. The van der Waals surface area contributed by atoms with Crippen LogP contribution in [0.1, 0.15) is 29.2 Å². The molecule has 1 unspecified atom stereocenters. The van der Waals surface area contributed by atoms with Crippen LogP contribution in [0.25, 0.3) is 10.8 Å². The van der Waals surface area contributed by atoms with Gasteiger partial charge in [0.2, 0.25) is 5.89 Å². The van der Waals surface area contributed by atoms with Gasteiger partial charge in [0.15, 0.2) is 0 Å². The maximum absolute atomic E-state index is 12.5. The van der Waals surface area contributed by atoms with Gasteiger partial charge in [-0.2, -0.15) is 0 Å². The van der Waals surface area contributed by atoms with E-state index in [1.54, 1.807) is 11.3 Å². The monoisotopic (exact) mass is 368 g/mol. The van der Waals surface area contributed by atoms with Gasteiger partial charge >= 0.3 is 0 Å². The third kappa shape index (κ3) is 3.40. The van der Waals surface area contributed by atoms with Gasteiger partial charge in [-0.3, -0.25) is 9.69 Å². The van der Waals surface area contributed by atoms with Crippen LogP contribution in [0, 0.1) is 0 Å². The summed E-state index contributed by atoms with van der Waals surface area (Å²) in [5, 5.41) is 10.4. The Morgan fingerprint density at radius 1 is 1.08 bits per heavy atom. The van der Waals surface area contributed by atoms with Crippen LogP contribution in [0.2, 0.25) is 0 Å². The SMILES string of the molecule is CC(c1nnc(-c2cccs2)o1)N1CCN(C(=O)c2ccccc2)CC1. The first-order chi connectivity index (χ1) is 12.7. The second-order valence-electron chi connectivity index (χ2n) is 6.29. The molecule has 0 aliphatic carbocycles. The van der Waals surface area contributed by atoms with Crippen molar-refractivity contribution < 1.29 is 9.21 Å².